The van der Waals surface area contributed by atoms with Gasteiger partial charge in [-0.15, -0.1) is 11.3 Å². The molecule has 3 N–H and O–H groups in total. The van der Waals surface area contributed by atoms with Gasteiger partial charge in [-0.1, -0.05) is 18.9 Å². The predicted octanol–water partition coefficient (Wildman–Crippen LogP) is 3.52. The first-order valence-electron chi connectivity index (χ1n) is 6.92. The number of carbonyl (C=O) groups excluding carboxylic acids is 1. The van der Waals surface area contributed by atoms with Crippen molar-refractivity contribution in [3.63, 3.8) is 0 Å². The van der Waals surface area contributed by atoms with Crippen LogP contribution in [0.4, 0.5) is 10.5 Å². The first-order chi connectivity index (χ1) is 9.83. The molecule has 20 heavy (non-hydrogen) atoms. The normalized spacial score (nSPS) is 17.0. The van der Waals surface area contributed by atoms with Crippen LogP contribution in [0.1, 0.15) is 36.6 Å². The number of nitrogens with one attached hydrogen (secondary N) is 3. The van der Waals surface area contributed by atoms with E-state index in [1.54, 1.807) is 23.7 Å². The zero-order valence-electron chi connectivity index (χ0n) is 11.1. The van der Waals surface area contributed by atoms with Crippen molar-refractivity contribution in [2.75, 3.05) is 5.32 Å². The highest BCUT2D eigenvalue weighted by Crippen LogP contribution is 2.37. The maximum absolute atomic E-state index is 12.1. The number of hydrogen-bond acceptors (Lipinski definition) is 3. The summed E-state index contributed by atoms with van der Waals surface area (Å²) in [5, 5.41) is 14.5. The van der Waals surface area contributed by atoms with Crippen LogP contribution in [0.3, 0.4) is 0 Å². The van der Waals surface area contributed by atoms with Crippen LogP contribution < -0.4 is 10.6 Å². The Kier molecular flexibility index (Phi) is 4.01. The fraction of sp³-hybridized carbons (Fsp3) is 0.429. The van der Waals surface area contributed by atoms with Crippen molar-refractivity contribution < 1.29 is 4.79 Å². The number of hydrogen-bond donors (Lipinski definition) is 3. The number of anilines is 1. The van der Waals surface area contributed by atoms with Gasteiger partial charge in [0.1, 0.15) is 0 Å². The lowest BCUT2D eigenvalue weighted by atomic mass is 9.97. The van der Waals surface area contributed by atoms with E-state index in [0.29, 0.717) is 11.6 Å². The summed E-state index contributed by atoms with van der Waals surface area (Å²) >= 11 is 1.71. The molecule has 2 aromatic heterocycles. The first kappa shape index (κ1) is 13.2. The van der Waals surface area contributed by atoms with Gasteiger partial charge in [-0.05, 0) is 30.2 Å². The van der Waals surface area contributed by atoms with Crippen molar-refractivity contribution in [3.05, 3.63) is 34.8 Å². The van der Waals surface area contributed by atoms with Crippen molar-refractivity contribution >= 4 is 23.1 Å². The standard InChI is InChI=1S/C14H18N4OS/c19-14(17-11-8-15-16-9-11)18-13(10-4-1-2-5-10)12-6-3-7-20-12/h3,6-10,13H,1-2,4-5H2,(H,15,16)(H2,17,18,19). The number of aromatic nitrogens is 2. The lowest BCUT2D eigenvalue weighted by molar-refractivity contribution is 0.243. The number of carbonyl (C=O) groups is 1. The molecule has 2 aromatic rings. The molecule has 6 heteroatoms. The second kappa shape index (κ2) is 6.09. The van der Waals surface area contributed by atoms with Gasteiger partial charge in [-0.2, -0.15) is 5.10 Å². The predicted molar refractivity (Wildman–Crippen MR) is 79.8 cm³/mol. The van der Waals surface area contributed by atoms with Gasteiger partial charge < -0.3 is 10.6 Å². The molecule has 1 aliphatic rings. The van der Waals surface area contributed by atoms with Crippen LogP contribution >= 0.6 is 11.3 Å². The molecule has 5 nitrogen and oxygen atoms in total. The van der Waals surface area contributed by atoms with E-state index in [4.69, 9.17) is 0 Å². The second-order valence-electron chi connectivity index (χ2n) is 5.12. The maximum Gasteiger partial charge on any atom is 0.319 e. The molecule has 1 atom stereocenters. The maximum atomic E-state index is 12.1. The summed E-state index contributed by atoms with van der Waals surface area (Å²) in [6.45, 7) is 0. The van der Waals surface area contributed by atoms with Crippen molar-refractivity contribution in [3.8, 4) is 0 Å². The van der Waals surface area contributed by atoms with Crippen molar-refractivity contribution in [1.29, 1.82) is 0 Å². The molecule has 0 aromatic carbocycles. The summed E-state index contributed by atoms with van der Waals surface area (Å²) in [6, 6.07) is 4.09. The zero-order valence-corrected chi connectivity index (χ0v) is 12.0. The molecule has 0 radical (unpaired) electrons. The summed E-state index contributed by atoms with van der Waals surface area (Å²) in [6.07, 6.45) is 8.16. The van der Waals surface area contributed by atoms with Gasteiger partial charge in [0.15, 0.2) is 0 Å². The van der Waals surface area contributed by atoms with Crippen molar-refractivity contribution in [2.45, 2.75) is 31.7 Å². The van der Waals surface area contributed by atoms with Crippen LogP contribution in [0, 0.1) is 5.92 Å². The van der Waals surface area contributed by atoms with Crippen LogP contribution in [0.25, 0.3) is 0 Å². The van der Waals surface area contributed by atoms with E-state index in [2.05, 4.69) is 32.3 Å². The lowest BCUT2D eigenvalue weighted by Crippen LogP contribution is -2.35. The molecule has 0 saturated heterocycles. The van der Waals surface area contributed by atoms with E-state index in [-0.39, 0.29) is 12.1 Å². The summed E-state index contributed by atoms with van der Waals surface area (Å²) in [7, 11) is 0. The third-order valence-electron chi connectivity index (χ3n) is 3.76. The van der Waals surface area contributed by atoms with E-state index in [0.717, 1.165) is 0 Å². The van der Waals surface area contributed by atoms with Crippen LogP contribution in [-0.4, -0.2) is 16.2 Å². The van der Waals surface area contributed by atoms with Gasteiger partial charge in [0.2, 0.25) is 0 Å². The quantitative estimate of drug-likeness (QED) is 0.806. The average Bonchev–Trinajstić information content (AvgIpc) is 3.18. The minimum absolute atomic E-state index is 0.115. The van der Waals surface area contributed by atoms with Crippen LogP contribution in [0.5, 0.6) is 0 Å². The largest absolute Gasteiger partial charge is 0.330 e. The van der Waals surface area contributed by atoms with Gasteiger partial charge in [0.25, 0.3) is 0 Å². The Balaban J connectivity index is 1.68. The third kappa shape index (κ3) is 3.01. The van der Waals surface area contributed by atoms with E-state index < -0.39 is 0 Å². The fourth-order valence-corrected chi connectivity index (χ4v) is 3.68. The Hall–Kier alpha value is -1.82. The molecule has 3 rings (SSSR count). The summed E-state index contributed by atoms with van der Waals surface area (Å²) in [5.74, 6) is 0.545. The van der Waals surface area contributed by atoms with Crippen molar-refractivity contribution in [2.24, 2.45) is 5.92 Å². The number of aromatic amines is 1. The summed E-state index contributed by atoms with van der Waals surface area (Å²) in [5.41, 5.74) is 0.679. The Labute approximate surface area is 121 Å². The van der Waals surface area contributed by atoms with Gasteiger partial charge in [-0.25, -0.2) is 4.79 Å². The van der Waals surface area contributed by atoms with E-state index in [1.165, 1.54) is 30.6 Å². The smallest absolute Gasteiger partial charge is 0.319 e. The van der Waals surface area contributed by atoms with Gasteiger partial charge in [0, 0.05) is 11.1 Å². The monoisotopic (exact) mass is 290 g/mol. The molecule has 0 bridgehead atoms. The molecule has 1 unspecified atom stereocenters. The summed E-state index contributed by atoms with van der Waals surface area (Å²) in [4.78, 5) is 13.3. The molecular formula is C14H18N4OS. The Morgan fingerprint density at radius 3 is 2.95 bits per heavy atom. The lowest BCUT2D eigenvalue weighted by Gasteiger charge is -2.23. The Morgan fingerprint density at radius 1 is 1.45 bits per heavy atom. The van der Waals surface area contributed by atoms with Gasteiger partial charge in [-0.3, -0.25) is 5.10 Å². The number of H-pyrrole nitrogens is 1. The minimum Gasteiger partial charge on any atom is -0.330 e. The molecule has 2 heterocycles. The van der Waals surface area contributed by atoms with Crippen LogP contribution in [0.15, 0.2) is 29.9 Å². The van der Waals surface area contributed by atoms with E-state index in [9.17, 15) is 4.79 Å². The van der Waals surface area contributed by atoms with E-state index >= 15 is 0 Å². The van der Waals surface area contributed by atoms with Crippen LogP contribution in [0.2, 0.25) is 0 Å². The highest BCUT2D eigenvalue weighted by Gasteiger charge is 2.28. The molecule has 106 valence electrons. The van der Waals surface area contributed by atoms with E-state index in [1.807, 2.05) is 6.07 Å². The Bertz CT molecular complexity index is 532. The second-order valence-corrected chi connectivity index (χ2v) is 6.10. The molecule has 0 aliphatic heterocycles. The minimum atomic E-state index is -0.170. The van der Waals surface area contributed by atoms with Crippen molar-refractivity contribution in [1.82, 2.24) is 15.5 Å². The molecule has 1 saturated carbocycles. The molecule has 1 aliphatic carbocycles. The number of rotatable bonds is 4. The Morgan fingerprint density at radius 2 is 2.30 bits per heavy atom. The molecular weight excluding hydrogens is 272 g/mol. The zero-order chi connectivity index (χ0) is 13.8. The van der Waals surface area contributed by atoms with Gasteiger partial charge in [0.05, 0.1) is 17.9 Å². The molecule has 1 fully saturated rings. The molecule has 2 amide bonds. The SMILES string of the molecule is O=C(Nc1cn[nH]c1)NC(c1cccs1)C1CCCC1. The fourth-order valence-electron chi connectivity index (χ4n) is 2.81. The third-order valence-corrected chi connectivity index (χ3v) is 4.72. The van der Waals surface area contributed by atoms with Gasteiger partial charge >= 0.3 is 6.03 Å². The first-order valence-corrected chi connectivity index (χ1v) is 7.80. The highest BCUT2D eigenvalue weighted by atomic mass is 32.1. The summed E-state index contributed by atoms with van der Waals surface area (Å²) < 4.78 is 0. The average molecular weight is 290 g/mol. The van der Waals surface area contributed by atoms with Crippen LogP contribution in [-0.2, 0) is 0 Å². The highest BCUT2D eigenvalue weighted by molar-refractivity contribution is 7.10. The molecule has 0 spiro atoms. The number of nitrogens with zero attached hydrogens (tertiary/aromatic N) is 1. The number of thiophene rings is 1. The number of amides is 2. The number of urea groups is 1. The topological polar surface area (TPSA) is 69.8 Å².